The van der Waals surface area contributed by atoms with E-state index in [-0.39, 0.29) is 0 Å². The van der Waals surface area contributed by atoms with E-state index in [9.17, 15) is 0 Å². The summed E-state index contributed by atoms with van der Waals surface area (Å²) in [7, 11) is 0. The molecule has 0 amide bonds. The van der Waals surface area contributed by atoms with Crippen LogP contribution >= 0.6 is 0 Å². The van der Waals surface area contributed by atoms with E-state index in [1.165, 1.54) is 21.9 Å². The van der Waals surface area contributed by atoms with Crippen molar-refractivity contribution in [3.63, 3.8) is 0 Å². The highest BCUT2D eigenvalue weighted by atomic mass is 14.9. The normalized spacial score (nSPS) is 12.1. The molecule has 0 spiro atoms. The van der Waals surface area contributed by atoms with Crippen molar-refractivity contribution in [3.05, 3.63) is 95.6 Å². The Hall–Kier alpha value is -2.82. The molecule has 3 rings (SSSR count). The Bertz CT molecular complexity index is 935. The van der Waals surface area contributed by atoms with Crippen LogP contribution in [0.3, 0.4) is 0 Å². The van der Waals surface area contributed by atoms with Crippen LogP contribution in [0.4, 0.5) is 0 Å². The van der Waals surface area contributed by atoms with Gasteiger partial charge in [0.2, 0.25) is 0 Å². The van der Waals surface area contributed by atoms with E-state index in [1.807, 2.05) is 18.2 Å². The first kappa shape index (κ1) is 17.0. The summed E-state index contributed by atoms with van der Waals surface area (Å²) in [6, 6.07) is 23.5. The van der Waals surface area contributed by atoms with Crippen LogP contribution in [-0.4, -0.2) is 6.54 Å². The summed E-state index contributed by atoms with van der Waals surface area (Å²) in [5, 5.41) is 6.15. The SMILES string of the molecule is Cc1ccccc1C#CC=CCN[C@H](C)c1cccc2ccccc12. The van der Waals surface area contributed by atoms with Crippen LogP contribution in [0.1, 0.15) is 29.7 Å². The van der Waals surface area contributed by atoms with Gasteiger partial charge in [0.05, 0.1) is 0 Å². The van der Waals surface area contributed by atoms with Gasteiger partial charge in [-0.05, 0) is 47.9 Å². The Kier molecular flexibility index (Phi) is 5.67. The maximum absolute atomic E-state index is 3.55. The lowest BCUT2D eigenvalue weighted by molar-refractivity contribution is 0.621. The van der Waals surface area contributed by atoms with Gasteiger partial charge in [0, 0.05) is 18.2 Å². The number of hydrogen-bond acceptors (Lipinski definition) is 1. The summed E-state index contributed by atoms with van der Waals surface area (Å²) in [6.07, 6.45) is 4.00. The van der Waals surface area contributed by atoms with Crippen LogP contribution in [0.5, 0.6) is 0 Å². The second kappa shape index (κ2) is 8.33. The van der Waals surface area contributed by atoms with E-state index in [0.29, 0.717) is 6.04 Å². The highest BCUT2D eigenvalue weighted by molar-refractivity contribution is 5.86. The third-order valence-corrected chi connectivity index (χ3v) is 4.38. The summed E-state index contributed by atoms with van der Waals surface area (Å²) < 4.78 is 0. The van der Waals surface area contributed by atoms with Gasteiger partial charge < -0.3 is 5.32 Å². The molecule has 0 saturated heterocycles. The first-order valence-electron chi connectivity index (χ1n) is 8.69. The van der Waals surface area contributed by atoms with E-state index in [2.05, 4.69) is 91.7 Å². The summed E-state index contributed by atoms with van der Waals surface area (Å²) in [5.74, 6) is 6.31. The van der Waals surface area contributed by atoms with E-state index >= 15 is 0 Å². The minimum absolute atomic E-state index is 0.292. The molecule has 0 aliphatic carbocycles. The van der Waals surface area contributed by atoms with Crippen molar-refractivity contribution in [2.75, 3.05) is 6.54 Å². The lowest BCUT2D eigenvalue weighted by Gasteiger charge is -2.15. The van der Waals surface area contributed by atoms with E-state index in [0.717, 1.165) is 12.1 Å². The number of benzene rings is 3. The second-order valence-corrected chi connectivity index (χ2v) is 6.18. The van der Waals surface area contributed by atoms with Gasteiger partial charge in [-0.1, -0.05) is 78.6 Å². The van der Waals surface area contributed by atoms with Crippen LogP contribution in [-0.2, 0) is 0 Å². The second-order valence-electron chi connectivity index (χ2n) is 6.18. The molecule has 0 saturated carbocycles. The zero-order valence-corrected chi connectivity index (χ0v) is 14.8. The molecule has 0 heterocycles. The molecule has 0 aliphatic heterocycles. The zero-order chi connectivity index (χ0) is 17.5. The van der Waals surface area contributed by atoms with Crippen LogP contribution in [0.25, 0.3) is 10.8 Å². The Balaban J connectivity index is 1.60. The molecule has 0 bridgehead atoms. The topological polar surface area (TPSA) is 12.0 Å². The molecule has 1 N–H and O–H groups in total. The molecule has 0 fully saturated rings. The Morgan fingerprint density at radius 2 is 1.72 bits per heavy atom. The van der Waals surface area contributed by atoms with Crippen molar-refractivity contribution in [2.45, 2.75) is 19.9 Å². The van der Waals surface area contributed by atoms with Gasteiger partial charge in [0.15, 0.2) is 0 Å². The molecule has 3 aromatic carbocycles. The van der Waals surface area contributed by atoms with Gasteiger partial charge in [0.25, 0.3) is 0 Å². The summed E-state index contributed by atoms with van der Waals surface area (Å²) in [5.41, 5.74) is 3.63. The average molecular weight is 325 g/mol. The van der Waals surface area contributed by atoms with Crippen LogP contribution < -0.4 is 5.32 Å². The highest BCUT2D eigenvalue weighted by Gasteiger charge is 2.07. The first-order valence-corrected chi connectivity index (χ1v) is 8.69. The number of nitrogens with one attached hydrogen (secondary N) is 1. The molecular weight excluding hydrogens is 302 g/mol. The van der Waals surface area contributed by atoms with Crippen molar-refractivity contribution in [3.8, 4) is 11.8 Å². The van der Waals surface area contributed by atoms with Crippen molar-refractivity contribution in [1.29, 1.82) is 0 Å². The van der Waals surface area contributed by atoms with E-state index in [4.69, 9.17) is 0 Å². The maximum atomic E-state index is 3.55. The van der Waals surface area contributed by atoms with Gasteiger partial charge in [-0.2, -0.15) is 0 Å². The number of fused-ring (bicyclic) bond motifs is 1. The fraction of sp³-hybridized carbons (Fsp3) is 0.167. The molecule has 0 unspecified atom stereocenters. The number of rotatable bonds is 4. The van der Waals surface area contributed by atoms with Crippen LogP contribution in [0.2, 0.25) is 0 Å². The molecule has 0 aliphatic rings. The van der Waals surface area contributed by atoms with Gasteiger partial charge in [-0.3, -0.25) is 0 Å². The summed E-state index contributed by atoms with van der Waals surface area (Å²) >= 11 is 0. The molecule has 1 heteroatoms. The lowest BCUT2D eigenvalue weighted by atomic mass is 10.00. The predicted molar refractivity (Wildman–Crippen MR) is 108 cm³/mol. The third-order valence-electron chi connectivity index (χ3n) is 4.38. The zero-order valence-electron chi connectivity index (χ0n) is 14.8. The fourth-order valence-electron chi connectivity index (χ4n) is 2.93. The van der Waals surface area contributed by atoms with Crippen LogP contribution in [0, 0.1) is 18.8 Å². The predicted octanol–water partition coefficient (Wildman–Crippen LogP) is 5.41. The van der Waals surface area contributed by atoms with Gasteiger partial charge in [-0.25, -0.2) is 0 Å². The van der Waals surface area contributed by atoms with Gasteiger partial charge >= 0.3 is 0 Å². The number of hydrogen-bond donors (Lipinski definition) is 1. The average Bonchev–Trinajstić information content (AvgIpc) is 2.65. The Morgan fingerprint density at radius 1 is 0.960 bits per heavy atom. The van der Waals surface area contributed by atoms with E-state index in [1.54, 1.807) is 0 Å². The van der Waals surface area contributed by atoms with Crippen molar-refractivity contribution in [1.82, 2.24) is 5.32 Å². The fourth-order valence-corrected chi connectivity index (χ4v) is 2.93. The lowest BCUT2D eigenvalue weighted by Crippen LogP contribution is -2.18. The van der Waals surface area contributed by atoms with E-state index < -0.39 is 0 Å². The van der Waals surface area contributed by atoms with Gasteiger partial charge in [-0.15, -0.1) is 0 Å². The molecule has 124 valence electrons. The van der Waals surface area contributed by atoms with Crippen molar-refractivity contribution < 1.29 is 0 Å². The molecular formula is C24H23N. The summed E-state index contributed by atoms with van der Waals surface area (Å²) in [4.78, 5) is 0. The first-order chi connectivity index (χ1) is 12.3. The molecule has 1 nitrogen and oxygen atoms in total. The standard InChI is InChI=1S/C24H23N/c1-19-11-5-6-13-21(19)12-4-3-9-18-25-20(2)23-17-10-15-22-14-7-8-16-24(22)23/h3,5-11,13-17,20,25H,18H2,1-2H3/t20-/m1/s1. The largest absolute Gasteiger partial charge is 0.307 e. The quantitative estimate of drug-likeness (QED) is 0.633. The molecule has 0 radical (unpaired) electrons. The maximum Gasteiger partial charge on any atom is 0.0300 e. The third kappa shape index (κ3) is 4.38. The van der Waals surface area contributed by atoms with Crippen molar-refractivity contribution >= 4 is 10.8 Å². The van der Waals surface area contributed by atoms with Crippen LogP contribution in [0.15, 0.2) is 78.9 Å². The Morgan fingerprint density at radius 3 is 2.60 bits per heavy atom. The molecule has 3 aromatic rings. The molecule has 25 heavy (non-hydrogen) atoms. The summed E-state index contributed by atoms with van der Waals surface area (Å²) in [6.45, 7) is 5.09. The minimum atomic E-state index is 0.292. The van der Waals surface area contributed by atoms with Gasteiger partial charge in [0.1, 0.15) is 0 Å². The highest BCUT2D eigenvalue weighted by Crippen LogP contribution is 2.23. The Labute approximate surface area is 150 Å². The molecule has 1 atom stereocenters. The smallest absolute Gasteiger partial charge is 0.0300 e. The van der Waals surface area contributed by atoms with Crippen molar-refractivity contribution in [2.24, 2.45) is 0 Å². The number of aryl methyl sites for hydroxylation is 1. The monoisotopic (exact) mass is 325 g/mol. The number of allylic oxidation sites excluding steroid dienone is 1. The molecule has 0 aromatic heterocycles. The minimum Gasteiger partial charge on any atom is -0.307 e.